The molecule has 122 valence electrons. The lowest BCUT2D eigenvalue weighted by Crippen LogP contribution is -2.48. The lowest BCUT2D eigenvalue weighted by molar-refractivity contribution is -0.146. The van der Waals surface area contributed by atoms with Gasteiger partial charge in [-0.15, -0.1) is 0 Å². The fraction of sp³-hybridized carbons (Fsp3) is 0.562. The summed E-state index contributed by atoms with van der Waals surface area (Å²) in [6.07, 6.45) is 2.10. The van der Waals surface area contributed by atoms with Crippen molar-refractivity contribution in [1.82, 2.24) is 4.31 Å². The van der Waals surface area contributed by atoms with Crippen molar-refractivity contribution >= 4 is 16.0 Å². The largest absolute Gasteiger partial charge is 0.468 e. The third kappa shape index (κ3) is 3.03. The Bertz CT molecular complexity index is 658. The minimum Gasteiger partial charge on any atom is -0.468 e. The van der Waals surface area contributed by atoms with Crippen molar-refractivity contribution < 1.29 is 17.9 Å². The number of nitrogens with zero attached hydrogens (tertiary/aromatic N) is 1. The molecule has 0 N–H and O–H groups in total. The summed E-state index contributed by atoms with van der Waals surface area (Å²) in [5, 5.41) is 0. The predicted molar refractivity (Wildman–Crippen MR) is 84.2 cm³/mol. The van der Waals surface area contributed by atoms with Gasteiger partial charge in [0.15, 0.2) is 0 Å². The van der Waals surface area contributed by atoms with E-state index in [4.69, 9.17) is 4.74 Å². The molecule has 1 heterocycles. The summed E-state index contributed by atoms with van der Waals surface area (Å²) in [6.45, 7) is 5.89. The highest BCUT2D eigenvalue weighted by atomic mass is 32.2. The van der Waals surface area contributed by atoms with Crippen molar-refractivity contribution in [2.75, 3.05) is 13.7 Å². The molecular formula is C16H23NO4S. The van der Waals surface area contributed by atoms with Crippen LogP contribution in [0.3, 0.4) is 0 Å². The van der Waals surface area contributed by atoms with Crippen molar-refractivity contribution in [3.63, 3.8) is 0 Å². The number of sulfonamides is 1. The molecule has 22 heavy (non-hydrogen) atoms. The summed E-state index contributed by atoms with van der Waals surface area (Å²) in [5.74, 6) is -0.481. The lowest BCUT2D eigenvalue weighted by atomic mass is 10.1. The number of rotatable bonds is 3. The van der Waals surface area contributed by atoms with Gasteiger partial charge in [-0.25, -0.2) is 8.42 Å². The molecule has 0 aliphatic carbocycles. The number of aryl methyl sites for hydroxylation is 3. The highest BCUT2D eigenvalue weighted by molar-refractivity contribution is 7.89. The Labute approximate surface area is 132 Å². The van der Waals surface area contributed by atoms with Crippen LogP contribution in [-0.4, -0.2) is 38.4 Å². The number of benzene rings is 1. The maximum Gasteiger partial charge on any atom is 0.324 e. The zero-order chi connectivity index (χ0) is 16.5. The van der Waals surface area contributed by atoms with E-state index in [1.165, 1.54) is 11.4 Å². The van der Waals surface area contributed by atoms with Crippen molar-refractivity contribution in [3.05, 3.63) is 28.8 Å². The van der Waals surface area contributed by atoms with Crippen LogP contribution in [0.1, 0.15) is 36.0 Å². The minimum absolute atomic E-state index is 0.314. The standard InChI is InChI=1S/C16H23NO4S/c1-11-9-12(2)15(13(3)10-11)22(19,20)17-8-6-5-7-14(17)16(18)21-4/h9-10,14H,5-8H2,1-4H3. The Morgan fingerprint density at radius 2 is 1.77 bits per heavy atom. The zero-order valence-corrected chi connectivity index (χ0v) is 14.4. The topological polar surface area (TPSA) is 63.7 Å². The third-order valence-electron chi connectivity index (χ3n) is 4.10. The first-order valence-electron chi connectivity index (χ1n) is 7.46. The van der Waals surface area contributed by atoms with Crippen molar-refractivity contribution in [2.24, 2.45) is 0 Å². The molecule has 1 fully saturated rings. The van der Waals surface area contributed by atoms with Gasteiger partial charge in [-0.05, 0) is 51.2 Å². The van der Waals surface area contributed by atoms with Crippen molar-refractivity contribution in [1.29, 1.82) is 0 Å². The van der Waals surface area contributed by atoms with Gasteiger partial charge >= 0.3 is 5.97 Å². The number of esters is 1. The number of piperidine rings is 1. The Kier molecular flexibility index (Phi) is 4.92. The maximum atomic E-state index is 13.1. The first-order chi connectivity index (χ1) is 10.3. The van der Waals surface area contributed by atoms with Crippen molar-refractivity contribution in [3.8, 4) is 0 Å². The molecule has 1 aromatic rings. The molecule has 1 unspecified atom stereocenters. The number of ether oxygens (including phenoxy) is 1. The van der Waals surface area contributed by atoms with Gasteiger partial charge < -0.3 is 4.74 Å². The van der Waals surface area contributed by atoms with E-state index in [9.17, 15) is 13.2 Å². The quantitative estimate of drug-likeness (QED) is 0.800. The molecule has 0 saturated carbocycles. The summed E-state index contributed by atoms with van der Waals surface area (Å²) in [4.78, 5) is 12.3. The maximum absolute atomic E-state index is 13.1. The van der Waals surface area contributed by atoms with E-state index in [0.29, 0.717) is 29.0 Å². The molecule has 2 rings (SSSR count). The number of carbonyl (C=O) groups is 1. The average molecular weight is 325 g/mol. The molecule has 5 nitrogen and oxygen atoms in total. The number of hydrogen-bond donors (Lipinski definition) is 0. The molecule has 0 aromatic heterocycles. The first kappa shape index (κ1) is 17.0. The molecule has 1 atom stereocenters. The Hall–Kier alpha value is -1.40. The van der Waals surface area contributed by atoms with Crippen LogP contribution in [0.4, 0.5) is 0 Å². The van der Waals surface area contributed by atoms with E-state index in [1.54, 1.807) is 13.8 Å². The Morgan fingerprint density at radius 3 is 2.32 bits per heavy atom. The fourth-order valence-electron chi connectivity index (χ4n) is 3.26. The molecule has 0 bridgehead atoms. The lowest BCUT2D eigenvalue weighted by Gasteiger charge is -2.33. The number of carbonyl (C=O) groups excluding carboxylic acids is 1. The Morgan fingerprint density at radius 1 is 1.18 bits per heavy atom. The van der Waals surface area contributed by atoms with Crippen LogP contribution < -0.4 is 0 Å². The highest BCUT2D eigenvalue weighted by Gasteiger charge is 2.39. The molecule has 0 spiro atoms. The summed E-state index contributed by atoms with van der Waals surface area (Å²) >= 11 is 0. The number of methoxy groups -OCH3 is 1. The minimum atomic E-state index is -3.71. The van der Waals surface area contributed by atoms with Crippen LogP contribution in [-0.2, 0) is 19.6 Å². The van der Waals surface area contributed by atoms with Crippen LogP contribution in [0, 0.1) is 20.8 Å². The van der Waals surface area contributed by atoms with Gasteiger partial charge in [-0.3, -0.25) is 4.79 Å². The van der Waals surface area contributed by atoms with Crippen LogP contribution >= 0.6 is 0 Å². The predicted octanol–water partition coefficient (Wildman–Crippen LogP) is 2.33. The van der Waals surface area contributed by atoms with E-state index in [-0.39, 0.29) is 0 Å². The van der Waals surface area contributed by atoms with Gasteiger partial charge in [-0.2, -0.15) is 4.31 Å². The smallest absolute Gasteiger partial charge is 0.324 e. The normalized spacial score (nSPS) is 19.9. The first-order valence-corrected chi connectivity index (χ1v) is 8.90. The van der Waals surface area contributed by atoms with E-state index in [2.05, 4.69) is 0 Å². The molecule has 0 radical (unpaired) electrons. The van der Waals surface area contributed by atoms with Gasteiger partial charge in [-0.1, -0.05) is 17.7 Å². The van der Waals surface area contributed by atoms with E-state index in [0.717, 1.165) is 18.4 Å². The van der Waals surface area contributed by atoms with Gasteiger partial charge in [0.2, 0.25) is 10.0 Å². The Balaban J connectivity index is 2.51. The summed E-state index contributed by atoms with van der Waals surface area (Å²) in [6, 6.07) is 3.00. The van der Waals surface area contributed by atoms with E-state index >= 15 is 0 Å². The second-order valence-corrected chi connectivity index (χ2v) is 7.71. The van der Waals surface area contributed by atoms with Gasteiger partial charge in [0, 0.05) is 6.54 Å². The molecular weight excluding hydrogens is 302 g/mol. The van der Waals surface area contributed by atoms with Crippen LogP contribution in [0.5, 0.6) is 0 Å². The van der Waals surface area contributed by atoms with Crippen LogP contribution in [0.25, 0.3) is 0 Å². The zero-order valence-electron chi connectivity index (χ0n) is 13.5. The van der Waals surface area contributed by atoms with Crippen molar-refractivity contribution in [2.45, 2.75) is 51.0 Å². The molecule has 1 saturated heterocycles. The summed E-state index contributed by atoms with van der Waals surface area (Å²) < 4.78 is 32.3. The van der Waals surface area contributed by atoms with E-state index < -0.39 is 22.0 Å². The second-order valence-electron chi connectivity index (χ2n) is 5.88. The van der Waals surface area contributed by atoms with Crippen LogP contribution in [0.2, 0.25) is 0 Å². The molecule has 1 aliphatic rings. The molecule has 1 aliphatic heterocycles. The van der Waals surface area contributed by atoms with Gasteiger partial charge in [0.25, 0.3) is 0 Å². The number of hydrogen-bond acceptors (Lipinski definition) is 4. The summed E-state index contributed by atoms with van der Waals surface area (Å²) in [7, 11) is -2.42. The monoisotopic (exact) mass is 325 g/mol. The fourth-order valence-corrected chi connectivity index (χ4v) is 5.32. The van der Waals surface area contributed by atoms with Gasteiger partial charge in [0.05, 0.1) is 12.0 Å². The SMILES string of the molecule is COC(=O)C1CCCCN1S(=O)(=O)c1c(C)cc(C)cc1C. The highest BCUT2D eigenvalue weighted by Crippen LogP contribution is 2.30. The molecule has 0 amide bonds. The molecule has 1 aromatic carbocycles. The van der Waals surface area contributed by atoms with Crippen LogP contribution in [0.15, 0.2) is 17.0 Å². The van der Waals surface area contributed by atoms with E-state index in [1.807, 2.05) is 19.1 Å². The summed E-state index contributed by atoms with van der Waals surface area (Å²) in [5.41, 5.74) is 2.45. The third-order valence-corrected chi connectivity index (χ3v) is 6.31. The van der Waals surface area contributed by atoms with Gasteiger partial charge in [0.1, 0.15) is 6.04 Å². The average Bonchev–Trinajstić information content (AvgIpc) is 2.45. The molecule has 6 heteroatoms. The second kappa shape index (κ2) is 6.38.